The molecule has 0 radical (unpaired) electrons. The molecule has 5 nitrogen and oxygen atoms in total. The van der Waals surface area contributed by atoms with Crippen LogP contribution in [0.25, 0.3) is 0 Å². The molecule has 1 N–H and O–H groups in total. The van der Waals surface area contributed by atoms with Gasteiger partial charge in [0.15, 0.2) is 5.96 Å². The summed E-state index contributed by atoms with van der Waals surface area (Å²) < 4.78 is 0. The minimum Gasteiger partial charge on any atom is -0.358 e. The van der Waals surface area contributed by atoms with Gasteiger partial charge in [-0.05, 0) is 0 Å². The second kappa shape index (κ2) is 5.40. The first kappa shape index (κ1) is 11.7. The molecule has 0 aromatic carbocycles. The molecule has 13 heavy (non-hydrogen) atoms. The molecule has 0 unspecified atom stereocenters. The van der Waals surface area contributed by atoms with Gasteiger partial charge in [0, 0.05) is 35.2 Å². The average Bonchev–Trinajstić information content (AvgIpc) is 2.03. The molecular weight excluding hydrogens is 168 g/mol. The Kier molecular flexibility index (Phi) is 4.87. The molecule has 0 aromatic heterocycles. The van der Waals surface area contributed by atoms with E-state index in [4.69, 9.17) is 0 Å². The molecule has 0 aliphatic heterocycles. The Labute approximate surface area is 79.4 Å². The van der Waals surface area contributed by atoms with Crippen molar-refractivity contribution in [3.05, 3.63) is 0 Å². The van der Waals surface area contributed by atoms with Crippen LogP contribution >= 0.6 is 0 Å². The molecule has 0 saturated carbocycles. The molecule has 0 aliphatic carbocycles. The molecule has 0 spiro atoms. The Balaban J connectivity index is 4.29. The standard InChI is InChI=1S/C8H18N4O/c1-9-7(13)6-10-8(11(2)3)12(4)5/h6H2,1-5H3,(H,9,13). The number of aliphatic imine (C=N–C) groups is 1. The van der Waals surface area contributed by atoms with Gasteiger partial charge in [0.25, 0.3) is 0 Å². The number of nitrogens with zero attached hydrogens (tertiary/aromatic N) is 3. The summed E-state index contributed by atoms with van der Waals surface area (Å²) in [4.78, 5) is 18.8. The van der Waals surface area contributed by atoms with Crippen molar-refractivity contribution in [2.75, 3.05) is 41.8 Å². The molecule has 0 aliphatic rings. The third kappa shape index (κ3) is 4.35. The predicted molar refractivity (Wildman–Crippen MR) is 53.7 cm³/mol. The molecule has 76 valence electrons. The number of carbonyl (C=O) groups is 1. The van der Waals surface area contributed by atoms with Gasteiger partial charge in [-0.2, -0.15) is 0 Å². The van der Waals surface area contributed by atoms with Gasteiger partial charge in [-0.1, -0.05) is 0 Å². The molecule has 0 atom stereocenters. The number of likely N-dealkylation sites (N-methyl/N-ethyl adjacent to an activating group) is 1. The van der Waals surface area contributed by atoms with Gasteiger partial charge in [-0.25, -0.2) is 4.99 Å². The maximum Gasteiger partial charge on any atom is 0.241 e. The fraction of sp³-hybridized carbons (Fsp3) is 0.750. The van der Waals surface area contributed by atoms with E-state index in [9.17, 15) is 4.79 Å². The molecule has 0 saturated heterocycles. The number of guanidine groups is 1. The number of rotatable bonds is 2. The minimum absolute atomic E-state index is 0.0822. The number of amides is 1. The van der Waals surface area contributed by atoms with Crippen LogP contribution in [0.4, 0.5) is 0 Å². The lowest BCUT2D eigenvalue weighted by Gasteiger charge is -2.22. The highest BCUT2D eigenvalue weighted by Gasteiger charge is 2.04. The van der Waals surface area contributed by atoms with Crippen molar-refractivity contribution in [2.45, 2.75) is 0 Å². The van der Waals surface area contributed by atoms with Crippen LogP contribution in [-0.4, -0.2) is 63.4 Å². The van der Waals surface area contributed by atoms with E-state index in [1.807, 2.05) is 38.0 Å². The van der Waals surface area contributed by atoms with Crippen LogP contribution in [0.3, 0.4) is 0 Å². The lowest BCUT2D eigenvalue weighted by molar-refractivity contribution is -0.119. The van der Waals surface area contributed by atoms with E-state index in [1.165, 1.54) is 0 Å². The Morgan fingerprint density at radius 3 is 2.00 bits per heavy atom. The van der Waals surface area contributed by atoms with E-state index >= 15 is 0 Å². The summed E-state index contributed by atoms with van der Waals surface area (Å²) in [5, 5.41) is 2.52. The molecule has 0 heterocycles. The van der Waals surface area contributed by atoms with Crippen molar-refractivity contribution in [2.24, 2.45) is 4.99 Å². The van der Waals surface area contributed by atoms with Crippen molar-refractivity contribution in [3.8, 4) is 0 Å². The van der Waals surface area contributed by atoms with E-state index in [2.05, 4.69) is 10.3 Å². The largest absolute Gasteiger partial charge is 0.358 e. The van der Waals surface area contributed by atoms with Crippen molar-refractivity contribution in [3.63, 3.8) is 0 Å². The fourth-order valence-corrected chi connectivity index (χ4v) is 0.904. The maximum atomic E-state index is 10.9. The van der Waals surface area contributed by atoms with Crippen LogP contribution in [0, 0.1) is 0 Å². The zero-order valence-corrected chi connectivity index (χ0v) is 8.96. The summed E-state index contributed by atoms with van der Waals surface area (Å²) >= 11 is 0. The average molecular weight is 186 g/mol. The van der Waals surface area contributed by atoms with Crippen LogP contribution < -0.4 is 5.32 Å². The summed E-state index contributed by atoms with van der Waals surface area (Å²) in [5.74, 6) is 0.699. The molecule has 0 rings (SSSR count). The molecule has 0 fully saturated rings. The smallest absolute Gasteiger partial charge is 0.241 e. The van der Waals surface area contributed by atoms with E-state index in [0.717, 1.165) is 5.96 Å². The van der Waals surface area contributed by atoms with Crippen LogP contribution in [0.2, 0.25) is 0 Å². The number of nitrogens with one attached hydrogen (secondary N) is 1. The Bertz CT molecular complexity index is 188. The van der Waals surface area contributed by atoms with Gasteiger partial charge in [0.2, 0.25) is 5.91 Å². The minimum atomic E-state index is -0.0822. The quantitative estimate of drug-likeness (QED) is 0.454. The molecule has 5 heteroatoms. The first-order valence-electron chi connectivity index (χ1n) is 4.08. The topological polar surface area (TPSA) is 47.9 Å². The maximum absolute atomic E-state index is 10.9. The van der Waals surface area contributed by atoms with Crippen molar-refractivity contribution in [1.82, 2.24) is 15.1 Å². The summed E-state index contributed by atoms with van der Waals surface area (Å²) in [7, 11) is 9.17. The SMILES string of the molecule is CNC(=O)CN=C(N(C)C)N(C)C. The summed E-state index contributed by atoms with van der Waals surface area (Å²) in [6.07, 6.45) is 0. The summed E-state index contributed by atoms with van der Waals surface area (Å²) in [5.41, 5.74) is 0. The lowest BCUT2D eigenvalue weighted by Crippen LogP contribution is -2.36. The van der Waals surface area contributed by atoms with Gasteiger partial charge in [-0.15, -0.1) is 0 Å². The highest BCUT2D eigenvalue weighted by molar-refractivity contribution is 5.84. The highest BCUT2D eigenvalue weighted by Crippen LogP contribution is 1.88. The zero-order valence-electron chi connectivity index (χ0n) is 8.96. The molecular formula is C8H18N4O. The second-order valence-corrected chi connectivity index (χ2v) is 3.08. The monoisotopic (exact) mass is 186 g/mol. The molecule has 0 bridgehead atoms. The van der Waals surface area contributed by atoms with Gasteiger partial charge >= 0.3 is 0 Å². The number of carbonyl (C=O) groups excluding carboxylic acids is 1. The third-order valence-corrected chi connectivity index (χ3v) is 1.44. The fourth-order valence-electron chi connectivity index (χ4n) is 0.904. The normalized spacial score (nSPS) is 9.00. The Morgan fingerprint density at radius 2 is 1.69 bits per heavy atom. The van der Waals surface area contributed by atoms with Crippen LogP contribution in [0.5, 0.6) is 0 Å². The highest BCUT2D eigenvalue weighted by atomic mass is 16.1. The number of hydrogen-bond acceptors (Lipinski definition) is 2. The number of hydrogen-bond donors (Lipinski definition) is 1. The van der Waals surface area contributed by atoms with Crippen molar-refractivity contribution < 1.29 is 4.79 Å². The summed E-state index contributed by atoms with van der Waals surface area (Å²) in [6.45, 7) is 0.169. The third-order valence-electron chi connectivity index (χ3n) is 1.44. The van der Waals surface area contributed by atoms with E-state index in [-0.39, 0.29) is 12.5 Å². The first-order chi connectivity index (χ1) is 5.99. The van der Waals surface area contributed by atoms with Crippen LogP contribution in [-0.2, 0) is 4.79 Å². The summed E-state index contributed by atoms with van der Waals surface area (Å²) in [6, 6.07) is 0. The van der Waals surface area contributed by atoms with Crippen LogP contribution in [0.15, 0.2) is 4.99 Å². The van der Waals surface area contributed by atoms with Gasteiger partial charge in [0.1, 0.15) is 6.54 Å². The second-order valence-electron chi connectivity index (χ2n) is 3.08. The predicted octanol–water partition coefficient (Wildman–Crippen LogP) is -0.788. The Morgan fingerprint density at radius 1 is 1.23 bits per heavy atom. The van der Waals surface area contributed by atoms with Crippen LogP contribution in [0.1, 0.15) is 0 Å². The lowest BCUT2D eigenvalue weighted by atomic mass is 10.6. The van der Waals surface area contributed by atoms with E-state index < -0.39 is 0 Å². The first-order valence-corrected chi connectivity index (χ1v) is 4.08. The van der Waals surface area contributed by atoms with Crippen molar-refractivity contribution >= 4 is 11.9 Å². The van der Waals surface area contributed by atoms with E-state index in [1.54, 1.807) is 7.05 Å². The van der Waals surface area contributed by atoms with Crippen molar-refractivity contribution in [1.29, 1.82) is 0 Å². The Hall–Kier alpha value is -1.26. The van der Waals surface area contributed by atoms with Gasteiger partial charge in [0.05, 0.1) is 0 Å². The molecule has 0 aromatic rings. The molecule has 1 amide bonds. The van der Waals surface area contributed by atoms with Gasteiger partial charge < -0.3 is 15.1 Å². The van der Waals surface area contributed by atoms with E-state index in [0.29, 0.717) is 0 Å². The zero-order chi connectivity index (χ0) is 10.4. The van der Waals surface area contributed by atoms with Gasteiger partial charge in [-0.3, -0.25) is 4.79 Å².